The van der Waals surface area contributed by atoms with Gasteiger partial charge in [-0.15, -0.1) is 0 Å². The zero-order valence-corrected chi connectivity index (χ0v) is 20.2. The van der Waals surface area contributed by atoms with Gasteiger partial charge in [0.1, 0.15) is 11.6 Å². The van der Waals surface area contributed by atoms with E-state index in [0.717, 1.165) is 67.4 Å². The Morgan fingerprint density at radius 1 is 0.912 bits per heavy atom. The van der Waals surface area contributed by atoms with Crippen molar-refractivity contribution in [3.63, 3.8) is 0 Å². The van der Waals surface area contributed by atoms with Crippen molar-refractivity contribution >= 4 is 22.8 Å². The van der Waals surface area contributed by atoms with E-state index in [1.165, 1.54) is 0 Å². The van der Waals surface area contributed by atoms with E-state index < -0.39 is 0 Å². The minimum absolute atomic E-state index is 0.127. The van der Waals surface area contributed by atoms with Gasteiger partial charge in [-0.3, -0.25) is 0 Å². The van der Waals surface area contributed by atoms with E-state index in [-0.39, 0.29) is 12.2 Å². The normalized spacial score (nSPS) is 21.1. The molecule has 5 rings (SSSR count). The Bertz CT molecular complexity index is 1110. The highest BCUT2D eigenvalue weighted by Gasteiger charge is 2.26. The molecule has 2 saturated heterocycles. The number of ether oxygens (including phenoxy) is 3. The van der Waals surface area contributed by atoms with Crippen LogP contribution in [0.3, 0.4) is 0 Å². The van der Waals surface area contributed by atoms with Crippen LogP contribution in [0.15, 0.2) is 36.4 Å². The number of hydrogen-bond donors (Lipinski definition) is 0. The SMILES string of the molecule is CCCOc1ccc(-c2ccc3c(N4CCOCC4)nc(N4CC(C)OC(C)C4)nc3n2)cc1. The second-order valence-electron chi connectivity index (χ2n) is 9.05. The van der Waals surface area contributed by atoms with E-state index in [9.17, 15) is 0 Å². The lowest BCUT2D eigenvalue weighted by Gasteiger charge is -2.36. The summed E-state index contributed by atoms with van der Waals surface area (Å²) in [4.78, 5) is 19.4. The van der Waals surface area contributed by atoms with Crippen LogP contribution < -0.4 is 14.5 Å². The van der Waals surface area contributed by atoms with E-state index in [1.54, 1.807) is 0 Å². The van der Waals surface area contributed by atoms with Crippen LogP contribution in [0.1, 0.15) is 27.2 Å². The van der Waals surface area contributed by atoms with Crippen LogP contribution in [-0.4, -0.2) is 73.2 Å². The topological polar surface area (TPSA) is 72.8 Å². The van der Waals surface area contributed by atoms with Gasteiger partial charge in [0, 0.05) is 31.7 Å². The number of nitrogens with zero attached hydrogens (tertiary/aromatic N) is 5. The molecule has 0 saturated carbocycles. The van der Waals surface area contributed by atoms with E-state index in [4.69, 9.17) is 29.2 Å². The Morgan fingerprint density at radius 3 is 2.35 bits per heavy atom. The van der Waals surface area contributed by atoms with Gasteiger partial charge in [0.2, 0.25) is 5.95 Å². The van der Waals surface area contributed by atoms with Crippen LogP contribution in [0.4, 0.5) is 11.8 Å². The molecule has 2 aliphatic rings. The van der Waals surface area contributed by atoms with Crippen molar-refractivity contribution in [3.05, 3.63) is 36.4 Å². The predicted molar refractivity (Wildman–Crippen MR) is 134 cm³/mol. The molecule has 2 aliphatic heterocycles. The van der Waals surface area contributed by atoms with Crippen molar-refractivity contribution in [2.75, 3.05) is 55.8 Å². The lowest BCUT2D eigenvalue weighted by Crippen LogP contribution is -2.46. The Hall–Kier alpha value is -2.97. The summed E-state index contributed by atoms with van der Waals surface area (Å²) in [6, 6.07) is 12.2. The van der Waals surface area contributed by atoms with Gasteiger partial charge < -0.3 is 24.0 Å². The molecule has 0 bridgehead atoms. The zero-order chi connectivity index (χ0) is 23.5. The molecule has 2 fully saturated rings. The molecule has 0 spiro atoms. The van der Waals surface area contributed by atoms with Gasteiger partial charge in [-0.25, -0.2) is 4.98 Å². The number of aromatic nitrogens is 3. The Morgan fingerprint density at radius 2 is 1.65 bits per heavy atom. The minimum Gasteiger partial charge on any atom is -0.494 e. The van der Waals surface area contributed by atoms with Gasteiger partial charge in [0.25, 0.3) is 0 Å². The van der Waals surface area contributed by atoms with E-state index >= 15 is 0 Å². The Balaban J connectivity index is 1.54. The summed E-state index contributed by atoms with van der Waals surface area (Å²) >= 11 is 0. The van der Waals surface area contributed by atoms with Gasteiger partial charge in [-0.2, -0.15) is 9.97 Å². The molecule has 2 atom stereocenters. The molecule has 3 aromatic rings. The minimum atomic E-state index is 0.127. The van der Waals surface area contributed by atoms with Gasteiger partial charge in [-0.05, 0) is 56.7 Å². The molecular weight excluding hydrogens is 430 g/mol. The van der Waals surface area contributed by atoms with Crippen molar-refractivity contribution in [1.29, 1.82) is 0 Å². The number of anilines is 2. The third-order valence-electron chi connectivity index (χ3n) is 6.16. The first-order chi connectivity index (χ1) is 16.6. The highest BCUT2D eigenvalue weighted by molar-refractivity contribution is 5.90. The first kappa shape index (κ1) is 22.8. The lowest BCUT2D eigenvalue weighted by molar-refractivity contribution is -0.00570. The Labute approximate surface area is 200 Å². The lowest BCUT2D eigenvalue weighted by atomic mass is 10.1. The van der Waals surface area contributed by atoms with Crippen molar-refractivity contribution < 1.29 is 14.2 Å². The number of fused-ring (bicyclic) bond motifs is 1. The number of pyridine rings is 1. The van der Waals surface area contributed by atoms with Gasteiger partial charge in [0.05, 0.1) is 43.1 Å². The maximum Gasteiger partial charge on any atom is 0.229 e. The second kappa shape index (κ2) is 10.1. The summed E-state index contributed by atoms with van der Waals surface area (Å²) < 4.78 is 17.2. The first-order valence-corrected chi connectivity index (χ1v) is 12.3. The Kier molecular flexibility index (Phi) is 6.78. The third kappa shape index (κ3) is 4.93. The van der Waals surface area contributed by atoms with Crippen LogP contribution in [0.2, 0.25) is 0 Å². The largest absolute Gasteiger partial charge is 0.494 e. The summed E-state index contributed by atoms with van der Waals surface area (Å²) in [7, 11) is 0. The molecule has 4 heterocycles. The van der Waals surface area contributed by atoms with Crippen molar-refractivity contribution in [3.8, 4) is 17.0 Å². The summed E-state index contributed by atoms with van der Waals surface area (Å²) in [5.41, 5.74) is 2.63. The molecule has 1 aromatic carbocycles. The quantitative estimate of drug-likeness (QED) is 0.545. The average Bonchev–Trinajstić information content (AvgIpc) is 2.86. The molecule has 0 aliphatic carbocycles. The van der Waals surface area contributed by atoms with Gasteiger partial charge >= 0.3 is 0 Å². The summed E-state index contributed by atoms with van der Waals surface area (Å²) in [6.07, 6.45) is 1.24. The van der Waals surface area contributed by atoms with Gasteiger partial charge in [-0.1, -0.05) is 6.92 Å². The molecule has 180 valence electrons. The third-order valence-corrected chi connectivity index (χ3v) is 6.16. The summed E-state index contributed by atoms with van der Waals surface area (Å²) in [5, 5.41) is 0.964. The number of rotatable bonds is 6. The van der Waals surface area contributed by atoms with Crippen molar-refractivity contribution in [1.82, 2.24) is 15.0 Å². The molecule has 2 unspecified atom stereocenters. The fourth-order valence-corrected chi connectivity index (χ4v) is 4.58. The summed E-state index contributed by atoms with van der Waals surface area (Å²) in [6.45, 7) is 11.5. The van der Waals surface area contributed by atoms with Crippen molar-refractivity contribution in [2.45, 2.75) is 39.4 Å². The fourth-order valence-electron chi connectivity index (χ4n) is 4.58. The monoisotopic (exact) mass is 463 g/mol. The average molecular weight is 464 g/mol. The highest BCUT2D eigenvalue weighted by Crippen LogP contribution is 2.30. The molecule has 2 aromatic heterocycles. The molecule has 0 N–H and O–H groups in total. The molecule has 0 radical (unpaired) electrons. The highest BCUT2D eigenvalue weighted by atomic mass is 16.5. The standard InChI is InChI=1S/C26H33N5O3/c1-4-13-33-21-7-5-20(6-8-21)23-10-9-22-24(27-23)28-26(31-16-18(2)34-19(3)17-31)29-25(22)30-11-14-32-15-12-30/h5-10,18-19H,4,11-17H2,1-3H3. The molecule has 8 heteroatoms. The van der Waals surface area contributed by atoms with Crippen LogP contribution in [0, 0.1) is 0 Å². The smallest absolute Gasteiger partial charge is 0.229 e. The molecule has 8 nitrogen and oxygen atoms in total. The fraction of sp³-hybridized carbons (Fsp3) is 0.500. The van der Waals surface area contributed by atoms with Crippen LogP contribution in [-0.2, 0) is 9.47 Å². The summed E-state index contributed by atoms with van der Waals surface area (Å²) in [5.74, 6) is 2.52. The van der Waals surface area contributed by atoms with Crippen LogP contribution in [0.5, 0.6) is 5.75 Å². The van der Waals surface area contributed by atoms with E-state index in [0.29, 0.717) is 24.8 Å². The molecule has 34 heavy (non-hydrogen) atoms. The maximum atomic E-state index is 5.93. The number of hydrogen-bond acceptors (Lipinski definition) is 8. The zero-order valence-electron chi connectivity index (χ0n) is 20.2. The maximum absolute atomic E-state index is 5.93. The second-order valence-corrected chi connectivity index (χ2v) is 9.05. The van der Waals surface area contributed by atoms with Crippen LogP contribution in [0.25, 0.3) is 22.3 Å². The predicted octanol–water partition coefficient (Wildman–Crippen LogP) is 3.93. The first-order valence-electron chi connectivity index (χ1n) is 12.3. The van der Waals surface area contributed by atoms with Gasteiger partial charge in [0.15, 0.2) is 5.65 Å². The van der Waals surface area contributed by atoms with Crippen molar-refractivity contribution in [2.24, 2.45) is 0 Å². The van der Waals surface area contributed by atoms with Crippen LogP contribution >= 0.6 is 0 Å². The number of morpholine rings is 2. The van der Waals surface area contributed by atoms with E-state index in [2.05, 4.69) is 54.8 Å². The molecular formula is C26H33N5O3. The van der Waals surface area contributed by atoms with E-state index in [1.807, 2.05) is 12.1 Å². The number of benzene rings is 1. The molecule has 0 amide bonds.